The van der Waals surface area contributed by atoms with Crippen molar-refractivity contribution in [2.75, 3.05) is 0 Å². The zero-order valence-corrected chi connectivity index (χ0v) is 16.5. The Kier molecular flexibility index (Phi) is 7.26. The van der Waals surface area contributed by atoms with Gasteiger partial charge in [-0.2, -0.15) is 0 Å². The first kappa shape index (κ1) is 21.6. The van der Waals surface area contributed by atoms with Gasteiger partial charge in [0.1, 0.15) is 23.0 Å². The average molecular weight is 359 g/mol. The molecule has 5 nitrogen and oxygen atoms in total. The fourth-order valence-electron chi connectivity index (χ4n) is 2.19. The molecule has 26 heavy (non-hydrogen) atoms. The molecule has 0 radical (unpaired) electrons. The summed E-state index contributed by atoms with van der Waals surface area (Å²) in [6.45, 7) is 11.3. The Labute approximate surface area is 156 Å². The van der Waals surface area contributed by atoms with E-state index >= 15 is 0 Å². The van der Waals surface area contributed by atoms with E-state index in [1.807, 2.05) is 45.0 Å². The van der Waals surface area contributed by atoms with Crippen LogP contribution in [0.15, 0.2) is 24.3 Å². The number of hydrogen-bond donors (Lipinski definition) is 1. The Hall–Kier alpha value is -2.48. The lowest BCUT2D eigenvalue weighted by Gasteiger charge is -2.25. The maximum absolute atomic E-state index is 12.4. The summed E-state index contributed by atoms with van der Waals surface area (Å²) < 4.78 is 11.2. The van der Waals surface area contributed by atoms with Gasteiger partial charge in [0, 0.05) is 6.42 Å². The first-order valence-electron chi connectivity index (χ1n) is 8.63. The van der Waals surface area contributed by atoms with Gasteiger partial charge in [-0.3, -0.25) is 4.79 Å². The highest BCUT2D eigenvalue weighted by Gasteiger charge is 2.26. The lowest BCUT2D eigenvalue weighted by atomic mass is 10.0. The molecule has 1 N–H and O–H groups in total. The van der Waals surface area contributed by atoms with Gasteiger partial charge < -0.3 is 14.8 Å². The number of nitrogens with one attached hydrogen (secondary N) is 1. The van der Waals surface area contributed by atoms with Gasteiger partial charge >= 0.3 is 5.97 Å². The van der Waals surface area contributed by atoms with E-state index in [0.29, 0.717) is 6.42 Å². The van der Waals surface area contributed by atoms with Gasteiger partial charge in [0.05, 0.1) is 6.42 Å². The Morgan fingerprint density at radius 3 is 2.12 bits per heavy atom. The summed E-state index contributed by atoms with van der Waals surface area (Å²) in [5.41, 5.74) is -0.0523. The summed E-state index contributed by atoms with van der Waals surface area (Å²) in [5.74, 6) is 2.15. The van der Waals surface area contributed by atoms with Crippen LogP contribution in [-0.4, -0.2) is 29.1 Å². The molecule has 1 rings (SSSR count). The molecule has 0 aliphatic rings. The standard InChI is InChI=1S/C21H29NO4/c1-8-9-18(23)22-17(19(24)26-21(5,6)7)14-15-10-12-16(13-11-15)25-20(2,3)4/h1,10-13,17H,9,14H2,2-7H3,(H,22,23)/t17-/m1/s1. The van der Waals surface area contributed by atoms with Crippen molar-refractivity contribution in [2.24, 2.45) is 0 Å². The number of ether oxygens (including phenoxy) is 2. The molecule has 0 fully saturated rings. The normalized spacial score (nSPS) is 12.7. The molecule has 5 heteroatoms. The summed E-state index contributed by atoms with van der Waals surface area (Å²) in [4.78, 5) is 24.3. The van der Waals surface area contributed by atoms with Gasteiger partial charge in [-0.1, -0.05) is 18.1 Å². The van der Waals surface area contributed by atoms with Crippen LogP contribution in [0.1, 0.15) is 53.5 Å². The van der Waals surface area contributed by atoms with Gasteiger partial charge in [-0.15, -0.1) is 6.42 Å². The molecule has 0 aromatic heterocycles. The molecule has 0 saturated carbocycles. The molecule has 0 saturated heterocycles. The van der Waals surface area contributed by atoms with E-state index in [0.717, 1.165) is 11.3 Å². The summed E-state index contributed by atoms with van der Waals surface area (Å²) >= 11 is 0. The molecular formula is C21H29NO4. The van der Waals surface area contributed by atoms with Crippen molar-refractivity contribution in [1.82, 2.24) is 5.32 Å². The van der Waals surface area contributed by atoms with Crippen LogP contribution in [0.25, 0.3) is 0 Å². The minimum absolute atomic E-state index is 0.0857. The van der Waals surface area contributed by atoms with Gasteiger partial charge in [0.25, 0.3) is 0 Å². The van der Waals surface area contributed by atoms with Crippen LogP contribution in [0.3, 0.4) is 0 Å². The largest absolute Gasteiger partial charge is 0.488 e. The summed E-state index contributed by atoms with van der Waals surface area (Å²) in [7, 11) is 0. The van der Waals surface area contributed by atoms with E-state index in [1.165, 1.54) is 0 Å². The maximum atomic E-state index is 12.4. The molecular weight excluding hydrogens is 330 g/mol. The summed E-state index contributed by atoms with van der Waals surface area (Å²) in [6, 6.07) is 6.62. The second kappa shape index (κ2) is 8.75. The number of carbonyl (C=O) groups excluding carboxylic acids is 2. The van der Waals surface area contributed by atoms with E-state index < -0.39 is 17.6 Å². The second-order valence-electron chi connectivity index (χ2n) is 8.10. The predicted octanol–water partition coefficient (Wildman–Crippen LogP) is 3.26. The lowest BCUT2D eigenvalue weighted by Crippen LogP contribution is -2.45. The summed E-state index contributed by atoms with van der Waals surface area (Å²) in [6.07, 6.45) is 5.38. The molecule has 1 atom stereocenters. The van der Waals surface area contributed by atoms with E-state index in [4.69, 9.17) is 15.9 Å². The Morgan fingerprint density at radius 1 is 1.08 bits per heavy atom. The van der Waals surface area contributed by atoms with E-state index in [-0.39, 0.29) is 17.9 Å². The number of carbonyl (C=O) groups is 2. The van der Waals surface area contributed by atoms with Gasteiger partial charge in [0.2, 0.25) is 5.91 Å². The zero-order chi connectivity index (χ0) is 20.0. The molecule has 0 bridgehead atoms. The van der Waals surface area contributed by atoms with Crippen LogP contribution < -0.4 is 10.1 Å². The third-order valence-electron chi connectivity index (χ3n) is 3.08. The van der Waals surface area contributed by atoms with Crippen molar-refractivity contribution in [2.45, 2.75) is 71.6 Å². The number of terminal acetylenes is 1. The zero-order valence-electron chi connectivity index (χ0n) is 16.5. The van der Waals surface area contributed by atoms with Crippen LogP contribution >= 0.6 is 0 Å². The van der Waals surface area contributed by atoms with E-state index in [1.54, 1.807) is 20.8 Å². The van der Waals surface area contributed by atoms with Crippen molar-refractivity contribution in [3.8, 4) is 18.1 Å². The molecule has 0 unspecified atom stereocenters. The van der Waals surface area contributed by atoms with Crippen molar-refractivity contribution in [3.05, 3.63) is 29.8 Å². The van der Waals surface area contributed by atoms with E-state index in [9.17, 15) is 9.59 Å². The lowest BCUT2D eigenvalue weighted by molar-refractivity contribution is -0.158. The molecule has 1 aromatic carbocycles. The van der Waals surface area contributed by atoms with Gasteiger partial charge in [0.15, 0.2) is 0 Å². The highest BCUT2D eigenvalue weighted by atomic mass is 16.6. The van der Waals surface area contributed by atoms with Gasteiger partial charge in [-0.25, -0.2) is 4.79 Å². The number of esters is 1. The maximum Gasteiger partial charge on any atom is 0.329 e. The van der Waals surface area contributed by atoms with Crippen LogP contribution in [0.4, 0.5) is 0 Å². The molecule has 0 heterocycles. The highest BCUT2D eigenvalue weighted by molar-refractivity contribution is 5.86. The Balaban J connectivity index is 2.89. The quantitative estimate of drug-likeness (QED) is 0.625. The minimum Gasteiger partial charge on any atom is -0.488 e. The molecule has 0 aliphatic carbocycles. The Morgan fingerprint density at radius 2 is 1.65 bits per heavy atom. The first-order valence-corrected chi connectivity index (χ1v) is 8.63. The minimum atomic E-state index is -0.801. The molecule has 1 aromatic rings. The molecule has 1 amide bonds. The Bertz CT molecular complexity index is 657. The first-order chi connectivity index (χ1) is 11.9. The third kappa shape index (κ3) is 8.57. The second-order valence-corrected chi connectivity index (χ2v) is 8.10. The molecule has 0 aliphatic heterocycles. The monoisotopic (exact) mass is 359 g/mol. The van der Waals surface area contributed by atoms with E-state index in [2.05, 4.69) is 11.2 Å². The van der Waals surface area contributed by atoms with Crippen molar-refractivity contribution >= 4 is 11.9 Å². The van der Waals surface area contributed by atoms with Crippen LogP contribution in [0.2, 0.25) is 0 Å². The van der Waals surface area contributed by atoms with Crippen molar-refractivity contribution in [3.63, 3.8) is 0 Å². The fraction of sp³-hybridized carbons (Fsp3) is 0.524. The molecule has 0 spiro atoms. The van der Waals surface area contributed by atoms with Crippen molar-refractivity contribution in [1.29, 1.82) is 0 Å². The van der Waals surface area contributed by atoms with Gasteiger partial charge in [-0.05, 0) is 59.2 Å². The number of rotatable bonds is 6. The fourth-order valence-corrected chi connectivity index (χ4v) is 2.19. The number of amides is 1. The van der Waals surface area contributed by atoms with Crippen LogP contribution in [-0.2, 0) is 20.7 Å². The van der Waals surface area contributed by atoms with Crippen LogP contribution in [0.5, 0.6) is 5.75 Å². The predicted molar refractivity (Wildman–Crippen MR) is 102 cm³/mol. The SMILES string of the molecule is C#CCC(=O)N[C@H](Cc1ccc(OC(C)(C)C)cc1)C(=O)OC(C)(C)C. The number of benzene rings is 1. The highest BCUT2D eigenvalue weighted by Crippen LogP contribution is 2.19. The smallest absolute Gasteiger partial charge is 0.329 e. The topological polar surface area (TPSA) is 64.6 Å². The van der Waals surface area contributed by atoms with Crippen LogP contribution in [0, 0.1) is 12.3 Å². The van der Waals surface area contributed by atoms with Crippen molar-refractivity contribution < 1.29 is 19.1 Å². The summed E-state index contributed by atoms with van der Waals surface area (Å²) in [5, 5.41) is 2.65. The molecule has 142 valence electrons. The average Bonchev–Trinajstić information content (AvgIpc) is 2.45. The third-order valence-corrected chi connectivity index (χ3v) is 3.08. The number of hydrogen-bond acceptors (Lipinski definition) is 4.